The average Bonchev–Trinajstić information content (AvgIpc) is 3.19. The SMILES string of the molecule is CCCNCC(C)(Cc1c(Cl)cccc1Cl)C1CC1. The van der Waals surface area contributed by atoms with Gasteiger partial charge in [-0.15, -0.1) is 0 Å². The smallest absolute Gasteiger partial charge is 0.0453 e. The molecule has 0 saturated heterocycles. The van der Waals surface area contributed by atoms with E-state index in [1.54, 1.807) is 0 Å². The number of nitrogens with one attached hydrogen (secondary N) is 1. The molecule has 106 valence electrons. The van der Waals surface area contributed by atoms with Crippen LogP contribution in [0.3, 0.4) is 0 Å². The van der Waals surface area contributed by atoms with Crippen molar-refractivity contribution in [2.75, 3.05) is 13.1 Å². The van der Waals surface area contributed by atoms with E-state index in [1.165, 1.54) is 19.3 Å². The molecule has 1 saturated carbocycles. The Morgan fingerprint density at radius 2 is 1.89 bits per heavy atom. The van der Waals surface area contributed by atoms with E-state index in [0.29, 0.717) is 0 Å². The molecule has 1 N–H and O–H groups in total. The molecule has 0 bridgehead atoms. The Hall–Kier alpha value is -0.240. The fraction of sp³-hybridized carbons (Fsp3) is 0.625. The van der Waals surface area contributed by atoms with Crippen molar-refractivity contribution in [3.05, 3.63) is 33.8 Å². The van der Waals surface area contributed by atoms with Crippen LogP contribution in [0.15, 0.2) is 18.2 Å². The predicted molar refractivity (Wildman–Crippen MR) is 84.2 cm³/mol. The van der Waals surface area contributed by atoms with Gasteiger partial charge >= 0.3 is 0 Å². The monoisotopic (exact) mass is 299 g/mol. The number of rotatable bonds is 7. The Bertz CT molecular complexity index is 409. The largest absolute Gasteiger partial charge is 0.316 e. The molecule has 1 unspecified atom stereocenters. The summed E-state index contributed by atoms with van der Waals surface area (Å²) in [6.07, 6.45) is 4.82. The normalized spacial score (nSPS) is 18.3. The highest BCUT2D eigenvalue weighted by Gasteiger charge is 2.41. The Balaban J connectivity index is 2.11. The number of hydrogen-bond donors (Lipinski definition) is 1. The molecular weight excluding hydrogens is 277 g/mol. The minimum Gasteiger partial charge on any atom is -0.316 e. The lowest BCUT2D eigenvalue weighted by Crippen LogP contribution is -2.36. The van der Waals surface area contributed by atoms with Crippen LogP contribution in [0.4, 0.5) is 0 Å². The van der Waals surface area contributed by atoms with Gasteiger partial charge in [0.1, 0.15) is 0 Å². The van der Waals surface area contributed by atoms with Crippen molar-refractivity contribution in [1.82, 2.24) is 5.32 Å². The lowest BCUT2D eigenvalue weighted by molar-refractivity contribution is 0.256. The maximum Gasteiger partial charge on any atom is 0.0453 e. The van der Waals surface area contributed by atoms with Crippen LogP contribution in [-0.4, -0.2) is 13.1 Å². The molecule has 0 spiro atoms. The number of hydrogen-bond acceptors (Lipinski definition) is 1. The highest BCUT2D eigenvalue weighted by molar-refractivity contribution is 6.36. The van der Waals surface area contributed by atoms with Gasteiger partial charge in [-0.3, -0.25) is 0 Å². The minimum absolute atomic E-state index is 0.268. The van der Waals surface area contributed by atoms with Crippen molar-refractivity contribution in [2.24, 2.45) is 11.3 Å². The summed E-state index contributed by atoms with van der Waals surface area (Å²) in [6.45, 7) is 6.70. The molecule has 2 rings (SSSR count). The molecule has 0 aromatic heterocycles. The minimum atomic E-state index is 0.268. The summed E-state index contributed by atoms with van der Waals surface area (Å²) in [5, 5.41) is 5.17. The van der Waals surface area contributed by atoms with Gasteiger partial charge in [0.2, 0.25) is 0 Å². The van der Waals surface area contributed by atoms with Gasteiger partial charge < -0.3 is 5.32 Å². The molecule has 1 nitrogen and oxygen atoms in total. The molecule has 1 atom stereocenters. The summed E-state index contributed by atoms with van der Waals surface area (Å²) in [7, 11) is 0. The van der Waals surface area contributed by atoms with E-state index >= 15 is 0 Å². The van der Waals surface area contributed by atoms with Crippen LogP contribution in [-0.2, 0) is 6.42 Å². The van der Waals surface area contributed by atoms with Gasteiger partial charge in [0.25, 0.3) is 0 Å². The Kier molecular flexibility index (Phi) is 5.16. The second-order valence-corrected chi connectivity index (χ2v) is 6.80. The van der Waals surface area contributed by atoms with E-state index < -0.39 is 0 Å². The van der Waals surface area contributed by atoms with Crippen molar-refractivity contribution in [1.29, 1.82) is 0 Å². The van der Waals surface area contributed by atoms with Crippen molar-refractivity contribution in [3.63, 3.8) is 0 Å². The van der Waals surface area contributed by atoms with Gasteiger partial charge in [-0.1, -0.05) is 43.1 Å². The van der Waals surface area contributed by atoms with Crippen LogP contribution in [0.1, 0.15) is 38.7 Å². The molecule has 0 radical (unpaired) electrons. The van der Waals surface area contributed by atoms with E-state index in [2.05, 4.69) is 19.2 Å². The summed E-state index contributed by atoms with van der Waals surface area (Å²) in [5.41, 5.74) is 1.38. The molecule has 1 aliphatic carbocycles. The van der Waals surface area contributed by atoms with Crippen LogP contribution >= 0.6 is 23.2 Å². The molecule has 1 aromatic rings. The first-order valence-corrected chi connectivity index (χ1v) is 7.96. The number of halogens is 2. The molecule has 0 amide bonds. The summed E-state index contributed by atoms with van der Waals surface area (Å²) in [6, 6.07) is 5.79. The zero-order chi connectivity index (χ0) is 13.9. The first-order chi connectivity index (χ1) is 9.07. The third kappa shape index (κ3) is 3.87. The molecule has 0 aliphatic heterocycles. The lowest BCUT2D eigenvalue weighted by atomic mass is 9.78. The third-order valence-electron chi connectivity index (χ3n) is 4.16. The summed E-state index contributed by atoms with van der Waals surface area (Å²) in [4.78, 5) is 0. The van der Waals surface area contributed by atoms with Crippen molar-refractivity contribution >= 4 is 23.2 Å². The standard InChI is InChI=1S/C16H23Cl2N/c1-3-9-19-11-16(2,12-7-8-12)10-13-14(17)5-4-6-15(13)18/h4-6,12,19H,3,7-11H2,1-2H3. The van der Waals surface area contributed by atoms with Crippen LogP contribution in [0, 0.1) is 11.3 Å². The molecule has 0 heterocycles. The first-order valence-electron chi connectivity index (χ1n) is 7.20. The van der Waals surface area contributed by atoms with Crippen molar-refractivity contribution in [2.45, 2.75) is 39.5 Å². The molecule has 3 heteroatoms. The Labute approximate surface area is 126 Å². The molecule has 19 heavy (non-hydrogen) atoms. The van der Waals surface area contributed by atoms with Crippen molar-refractivity contribution < 1.29 is 0 Å². The summed E-state index contributed by atoms with van der Waals surface area (Å²) >= 11 is 12.6. The fourth-order valence-corrected chi connectivity index (χ4v) is 3.32. The average molecular weight is 300 g/mol. The second kappa shape index (κ2) is 6.47. The van der Waals surface area contributed by atoms with Crippen LogP contribution < -0.4 is 5.32 Å². The van der Waals surface area contributed by atoms with Crippen molar-refractivity contribution in [3.8, 4) is 0 Å². The highest BCUT2D eigenvalue weighted by atomic mass is 35.5. The lowest BCUT2D eigenvalue weighted by Gasteiger charge is -2.31. The van der Waals surface area contributed by atoms with Crippen LogP contribution in [0.5, 0.6) is 0 Å². The van der Waals surface area contributed by atoms with Crippen LogP contribution in [0.2, 0.25) is 10.0 Å². The van der Waals surface area contributed by atoms with Gasteiger partial charge in [-0.25, -0.2) is 0 Å². The van der Waals surface area contributed by atoms with E-state index in [9.17, 15) is 0 Å². The molecule has 1 aromatic carbocycles. The quantitative estimate of drug-likeness (QED) is 0.702. The topological polar surface area (TPSA) is 12.0 Å². The van der Waals surface area contributed by atoms with Gasteiger partial charge in [-0.2, -0.15) is 0 Å². The fourth-order valence-electron chi connectivity index (χ4n) is 2.79. The second-order valence-electron chi connectivity index (χ2n) is 5.98. The van der Waals surface area contributed by atoms with E-state index in [1.807, 2.05) is 18.2 Å². The van der Waals surface area contributed by atoms with E-state index in [0.717, 1.165) is 41.0 Å². The maximum absolute atomic E-state index is 6.32. The van der Waals surface area contributed by atoms with E-state index in [4.69, 9.17) is 23.2 Å². The highest BCUT2D eigenvalue weighted by Crippen LogP contribution is 2.48. The first kappa shape index (κ1) is 15.2. The van der Waals surface area contributed by atoms with E-state index in [-0.39, 0.29) is 5.41 Å². The van der Waals surface area contributed by atoms with Gasteiger partial charge in [0.15, 0.2) is 0 Å². The third-order valence-corrected chi connectivity index (χ3v) is 4.87. The van der Waals surface area contributed by atoms with Crippen LogP contribution in [0.25, 0.3) is 0 Å². The summed E-state index contributed by atoms with van der Waals surface area (Å²) in [5.74, 6) is 0.809. The maximum atomic E-state index is 6.32. The van der Waals surface area contributed by atoms with Gasteiger partial charge in [0.05, 0.1) is 0 Å². The zero-order valence-corrected chi connectivity index (χ0v) is 13.3. The Morgan fingerprint density at radius 3 is 2.42 bits per heavy atom. The van der Waals surface area contributed by atoms with Gasteiger partial charge in [0, 0.05) is 16.6 Å². The zero-order valence-electron chi connectivity index (χ0n) is 11.8. The Morgan fingerprint density at radius 1 is 1.26 bits per heavy atom. The molecular formula is C16H23Cl2N. The molecule has 1 aliphatic rings. The van der Waals surface area contributed by atoms with Gasteiger partial charge in [-0.05, 0) is 61.3 Å². The number of benzene rings is 1. The predicted octanol–water partition coefficient (Wildman–Crippen LogP) is 4.95. The summed E-state index contributed by atoms with van der Waals surface area (Å²) < 4.78 is 0. The molecule has 1 fully saturated rings.